The molecule has 0 aliphatic heterocycles. The lowest BCUT2D eigenvalue weighted by atomic mass is 9.95. The topological polar surface area (TPSA) is 95.6 Å². The normalized spacial score (nSPS) is 14.2. The first kappa shape index (κ1) is 12.3. The Labute approximate surface area is 91.7 Å². The maximum atomic E-state index is 13.4. The van der Waals surface area contributed by atoms with Gasteiger partial charge in [0.15, 0.2) is 0 Å². The van der Waals surface area contributed by atoms with Gasteiger partial charge in [0.25, 0.3) is 0 Å². The Balaban J connectivity index is 2.96. The van der Waals surface area contributed by atoms with Crippen molar-refractivity contribution in [3.05, 3.63) is 29.6 Å². The second-order valence-electron chi connectivity index (χ2n) is 3.67. The van der Waals surface area contributed by atoms with Crippen LogP contribution >= 0.6 is 0 Å². The summed E-state index contributed by atoms with van der Waals surface area (Å²) in [5, 5.41) is 20.3. The van der Waals surface area contributed by atoms with E-state index in [9.17, 15) is 14.3 Å². The molecule has 1 aromatic rings. The average molecular weight is 228 g/mol. The predicted octanol–water partition coefficient (Wildman–Crippen LogP) is 0.883. The molecule has 1 unspecified atom stereocenters. The molecule has 0 aliphatic carbocycles. The van der Waals surface area contributed by atoms with Crippen molar-refractivity contribution in [2.24, 2.45) is 0 Å². The summed E-state index contributed by atoms with van der Waals surface area (Å²) in [6.07, 6.45) is -1.29. The van der Waals surface area contributed by atoms with Crippen LogP contribution in [0.15, 0.2) is 18.2 Å². The zero-order chi connectivity index (χ0) is 12.3. The second-order valence-corrected chi connectivity index (χ2v) is 3.67. The minimum Gasteiger partial charge on any atom is -0.465 e. The summed E-state index contributed by atoms with van der Waals surface area (Å²) in [5.41, 5.74) is 4.08. The van der Waals surface area contributed by atoms with E-state index in [1.807, 2.05) is 5.32 Å². The van der Waals surface area contributed by atoms with E-state index in [-0.39, 0.29) is 12.1 Å². The first-order valence-electron chi connectivity index (χ1n) is 4.57. The molecule has 88 valence electrons. The number of nitrogens with two attached hydrogens (primary N) is 1. The highest BCUT2D eigenvalue weighted by Crippen LogP contribution is 2.24. The van der Waals surface area contributed by atoms with E-state index in [4.69, 9.17) is 10.8 Å². The fraction of sp³-hybridized carbons (Fsp3) is 0.300. The van der Waals surface area contributed by atoms with Crippen LogP contribution in [0.1, 0.15) is 12.5 Å². The van der Waals surface area contributed by atoms with E-state index in [2.05, 4.69) is 0 Å². The fourth-order valence-corrected chi connectivity index (χ4v) is 1.30. The zero-order valence-corrected chi connectivity index (χ0v) is 8.70. The number of amides is 1. The molecular formula is C10H13FN2O3. The van der Waals surface area contributed by atoms with Crippen LogP contribution in [0, 0.1) is 5.82 Å². The highest BCUT2D eigenvalue weighted by Gasteiger charge is 2.27. The third kappa shape index (κ3) is 2.83. The monoisotopic (exact) mass is 228 g/mol. The van der Waals surface area contributed by atoms with Crippen LogP contribution in [0.25, 0.3) is 0 Å². The van der Waals surface area contributed by atoms with E-state index in [1.165, 1.54) is 19.1 Å². The molecule has 16 heavy (non-hydrogen) atoms. The Morgan fingerprint density at radius 1 is 1.62 bits per heavy atom. The fourth-order valence-electron chi connectivity index (χ4n) is 1.30. The molecule has 0 aromatic heterocycles. The van der Waals surface area contributed by atoms with E-state index < -0.39 is 17.5 Å². The molecule has 1 rings (SSSR count). The van der Waals surface area contributed by atoms with Gasteiger partial charge in [-0.3, -0.25) is 0 Å². The predicted molar refractivity (Wildman–Crippen MR) is 56.4 cm³/mol. The number of nitrogen functional groups attached to an aromatic ring is 1. The Hall–Kier alpha value is -1.82. The highest BCUT2D eigenvalue weighted by atomic mass is 19.1. The number of benzene rings is 1. The number of hydrogen-bond acceptors (Lipinski definition) is 3. The number of halogens is 1. The summed E-state index contributed by atoms with van der Waals surface area (Å²) in [6.45, 7) is 0.990. The van der Waals surface area contributed by atoms with Crippen molar-refractivity contribution in [3.8, 4) is 0 Å². The summed E-state index contributed by atoms with van der Waals surface area (Å²) in [7, 11) is 0. The first-order valence-corrected chi connectivity index (χ1v) is 4.57. The smallest absolute Gasteiger partial charge is 0.404 e. The number of aliphatic hydroxyl groups is 1. The molecule has 0 saturated carbocycles. The SMILES string of the molecule is CC(O)(CNC(=O)O)c1cc(N)ccc1F. The van der Waals surface area contributed by atoms with Crippen LogP contribution in [-0.4, -0.2) is 22.9 Å². The van der Waals surface area contributed by atoms with Crippen LogP contribution < -0.4 is 11.1 Å². The van der Waals surface area contributed by atoms with Crippen molar-refractivity contribution in [1.29, 1.82) is 0 Å². The zero-order valence-electron chi connectivity index (χ0n) is 8.70. The molecule has 1 aromatic carbocycles. The molecule has 0 heterocycles. The Morgan fingerprint density at radius 2 is 2.25 bits per heavy atom. The summed E-state index contributed by atoms with van der Waals surface area (Å²) in [4.78, 5) is 10.3. The Bertz CT molecular complexity index is 407. The standard InChI is InChI=1S/C10H13FN2O3/c1-10(16,5-13-9(14)15)7-4-6(12)2-3-8(7)11/h2-4,13,16H,5,12H2,1H3,(H,14,15). The number of carboxylic acid groups (broad SMARTS) is 1. The molecule has 0 saturated heterocycles. The first-order chi connectivity index (χ1) is 7.33. The molecule has 0 radical (unpaired) electrons. The van der Waals surface area contributed by atoms with Gasteiger partial charge in [-0.25, -0.2) is 9.18 Å². The third-order valence-electron chi connectivity index (χ3n) is 2.15. The molecule has 0 fully saturated rings. The quantitative estimate of drug-likeness (QED) is 0.577. The third-order valence-corrected chi connectivity index (χ3v) is 2.15. The average Bonchev–Trinajstić information content (AvgIpc) is 2.19. The molecular weight excluding hydrogens is 215 g/mol. The van der Waals surface area contributed by atoms with Gasteiger partial charge in [0.2, 0.25) is 0 Å². The molecule has 1 atom stereocenters. The highest BCUT2D eigenvalue weighted by molar-refractivity contribution is 5.64. The largest absolute Gasteiger partial charge is 0.465 e. The molecule has 5 nitrogen and oxygen atoms in total. The van der Waals surface area contributed by atoms with E-state index >= 15 is 0 Å². The van der Waals surface area contributed by atoms with E-state index in [0.717, 1.165) is 6.07 Å². The molecule has 6 heteroatoms. The minimum atomic E-state index is -1.64. The number of rotatable bonds is 3. The van der Waals surface area contributed by atoms with Gasteiger partial charge in [-0.2, -0.15) is 0 Å². The lowest BCUT2D eigenvalue weighted by Crippen LogP contribution is -2.38. The Kier molecular flexibility index (Phi) is 3.34. The number of anilines is 1. The van der Waals surface area contributed by atoms with Crippen molar-refractivity contribution in [2.75, 3.05) is 12.3 Å². The van der Waals surface area contributed by atoms with Gasteiger partial charge in [0.05, 0.1) is 6.54 Å². The molecule has 0 spiro atoms. The van der Waals surface area contributed by atoms with Gasteiger partial charge in [0.1, 0.15) is 11.4 Å². The second kappa shape index (κ2) is 4.36. The van der Waals surface area contributed by atoms with Gasteiger partial charge in [0, 0.05) is 11.3 Å². The molecule has 0 bridgehead atoms. The summed E-state index contributed by atoms with van der Waals surface area (Å²) >= 11 is 0. The summed E-state index contributed by atoms with van der Waals surface area (Å²) in [6, 6.07) is 3.76. The molecule has 0 aliphatic rings. The maximum absolute atomic E-state index is 13.4. The van der Waals surface area contributed by atoms with Crippen LogP contribution in [-0.2, 0) is 5.60 Å². The lowest BCUT2D eigenvalue weighted by Gasteiger charge is -2.24. The minimum absolute atomic E-state index is 0.0405. The van der Waals surface area contributed by atoms with Crippen molar-refractivity contribution >= 4 is 11.8 Å². The Morgan fingerprint density at radius 3 is 2.81 bits per heavy atom. The van der Waals surface area contributed by atoms with E-state index in [1.54, 1.807) is 0 Å². The van der Waals surface area contributed by atoms with Crippen molar-refractivity contribution in [1.82, 2.24) is 5.32 Å². The van der Waals surface area contributed by atoms with Crippen molar-refractivity contribution < 1.29 is 19.4 Å². The van der Waals surface area contributed by atoms with Gasteiger partial charge in [-0.05, 0) is 25.1 Å². The van der Waals surface area contributed by atoms with Gasteiger partial charge in [-0.15, -0.1) is 0 Å². The summed E-state index contributed by atoms with van der Waals surface area (Å²) in [5.74, 6) is -0.633. The van der Waals surface area contributed by atoms with Crippen molar-refractivity contribution in [2.45, 2.75) is 12.5 Å². The lowest BCUT2D eigenvalue weighted by molar-refractivity contribution is 0.0531. The van der Waals surface area contributed by atoms with Crippen LogP contribution in [0.2, 0.25) is 0 Å². The van der Waals surface area contributed by atoms with E-state index in [0.29, 0.717) is 5.69 Å². The number of hydrogen-bond donors (Lipinski definition) is 4. The van der Waals surface area contributed by atoms with Crippen molar-refractivity contribution in [3.63, 3.8) is 0 Å². The van der Waals surface area contributed by atoms with Crippen LogP contribution in [0.4, 0.5) is 14.9 Å². The number of nitrogens with one attached hydrogen (secondary N) is 1. The van der Waals surface area contributed by atoms with Gasteiger partial charge in [-0.1, -0.05) is 0 Å². The molecule has 1 amide bonds. The van der Waals surface area contributed by atoms with Crippen LogP contribution in [0.3, 0.4) is 0 Å². The molecule has 5 N–H and O–H groups in total. The summed E-state index contributed by atoms with van der Waals surface area (Å²) < 4.78 is 13.4. The maximum Gasteiger partial charge on any atom is 0.404 e. The van der Waals surface area contributed by atoms with Gasteiger partial charge < -0.3 is 21.3 Å². The van der Waals surface area contributed by atoms with Gasteiger partial charge >= 0.3 is 6.09 Å². The number of carbonyl (C=O) groups is 1. The van der Waals surface area contributed by atoms with Crippen LogP contribution in [0.5, 0.6) is 0 Å².